The first-order valence-electron chi connectivity index (χ1n) is 5.40. The van der Waals surface area contributed by atoms with Gasteiger partial charge in [-0.3, -0.25) is 9.59 Å². The van der Waals surface area contributed by atoms with Gasteiger partial charge in [-0.15, -0.1) is 0 Å². The van der Waals surface area contributed by atoms with Crippen molar-refractivity contribution in [1.29, 1.82) is 0 Å². The van der Waals surface area contributed by atoms with Gasteiger partial charge in [0.25, 0.3) is 0 Å². The van der Waals surface area contributed by atoms with Crippen molar-refractivity contribution in [2.75, 3.05) is 26.7 Å². The lowest BCUT2D eigenvalue weighted by molar-refractivity contribution is -0.138. The van der Waals surface area contributed by atoms with Crippen molar-refractivity contribution in [3.05, 3.63) is 0 Å². The molecule has 7 nitrogen and oxygen atoms in total. The molecule has 0 radical (unpaired) electrons. The van der Waals surface area contributed by atoms with Gasteiger partial charge in [-0.1, -0.05) is 0 Å². The summed E-state index contributed by atoms with van der Waals surface area (Å²) in [4.78, 5) is 35.8. The average molecular weight is 243 g/mol. The van der Waals surface area contributed by atoms with Crippen LogP contribution in [0.25, 0.3) is 0 Å². The number of likely N-dealkylation sites (N-methyl/N-ethyl adjacent to an activating group) is 1. The maximum atomic E-state index is 11.8. The maximum absolute atomic E-state index is 11.8. The minimum absolute atomic E-state index is 0.00146. The van der Waals surface area contributed by atoms with Crippen molar-refractivity contribution in [3.63, 3.8) is 0 Å². The van der Waals surface area contributed by atoms with Gasteiger partial charge in [0.1, 0.15) is 6.54 Å². The number of amides is 3. The largest absolute Gasteiger partial charge is 0.481 e. The SMILES string of the molecule is CN(CC(N)=O)C(=O)N1CCC(CC(=O)O)C1. The third-order valence-electron chi connectivity index (χ3n) is 2.74. The molecule has 0 saturated carbocycles. The lowest BCUT2D eigenvalue weighted by atomic mass is 10.1. The summed E-state index contributed by atoms with van der Waals surface area (Å²) in [6.07, 6.45) is 0.756. The first kappa shape index (κ1) is 13.3. The summed E-state index contributed by atoms with van der Waals surface area (Å²) in [5, 5.41) is 8.65. The Morgan fingerprint density at radius 2 is 2.12 bits per heavy atom. The van der Waals surface area contributed by atoms with E-state index < -0.39 is 11.9 Å². The van der Waals surface area contributed by atoms with E-state index in [-0.39, 0.29) is 24.9 Å². The van der Waals surface area contributed by atoms with E-state index in [2.05, 4.69) is 0 Å². The van der Waals surface area contributed by atoms with E-state index in [1.807, 2.05) is 0 Å². The molecule has 3 N–H and O–H groups in total. The first-order valence-corrected chi connectivity index (χ1v) is 5.40. The van der Waals surface area contributed by atoms with Crippen LogP contribution in [0, 0.1) is 5.92 Å². The molecule has 0 aromatic carbocycles. The summed E-state index contributed by atoms with van der Waals surface area (Å²) in [5.74, 6) is -1.42. The Hall–Kier alpha value is -1.79. The van der Waals surface area contributed by atoms with Crippen molar-refractivity contribution in [2.24, 2.45) is 11.7 Å². The van der Waals surface area contributed by atoms with E-state index in [0.29, 0.717) is 19.5 Å². The minimum atomic E-state index is -0.852. The highest BCUT2D eigenvalue weighted by molar-refractivity contribution is 5.83. The summed E-state index contributed by atoms with van der Waals surface area (Å²) in [7, 11) is 1.50. The molecular formula is C10H17N3O4. The lowest BCUT2D eigenvalue weighted by Gasteiger charge is -2.23. The molecule has 0 aromatic heterocycles. The van der Waals surface area contributed by atoms with E-state index in [4.69, 9.17) is 10.8 Å². The number of nitrogens with two attached hydrogens (primary N) is 1. The number of carboxylic acids is 1. The highest BCUT2D eigenvalue weighted by atomic mass is 16.4. The third-order valence-corrected chi connectivity index (χ3v) is 2.74. The molecule has 1 saturated heterocycles. The Morgan fingerprint density at radius 3 is 2.65 bits per heavy atom. The summed E-state index contributed by atoms with van der Waals surface area (Å²) < 4.78 is 0. The standard InChI is InChI=1S/C10H17N3O4/c1-12(6-8(11)14)10(17)13-3-2-7(5-13)4-9(15)16/h7H,2-6H2,1H3,(H2,11,14)(H,15,16). The number of nitrogens with zero attached hydrogens (tertiary/aromatic N) is 2. The summed E-state index contributed by atoms with van der Waals surface area (Å²) in [6, 6.07) is -0.281. The average Bonchev–Trinajstić information content (AvgIpc) is 2.62. The van der Waals surface area contributed by atoms with Gasteiger partial charge in [-0.05, 0) is 12.3 Å². The Labute approximate surface area is 99.2 Å². The zero-order valence-electron chi connectivity index (χ0n) is 9.76. The normalized spacial score (nSPS) is 19.1. The predicted octanol–water partition coefficient (Wildman–Crippen LogP) is -0.680. The number of hydrogen-bond donors (Lipinski definition) is 2. The third kappa shape index (κ3) is 3.93. The fourth-order valence-electron chi connectivity index (χ4n) is 1.96. The van der Waals surface area contributed by atoms with Gasteiger partial charge in [-0.25, -0.2) is 4.79 Å². The zero-order valence-corrected chi connectivity index (χ0v) is 9.76. The molecule has 1 rings (SSSR count). The number of carboxylic acid groups (broad SMARTS) is 1. The molecule has 0 bridgehead atoms. The number of urea groups is 1. The summed E-state index contributed by atoms with van der Waals surface area (Å²) in [5.41, 5.74) is 4.99. The van der Waals surface area contributed by atoms with Crippen LogP contribution < -0.4 is 5.73 Å². The van der Waals surface area contributed by atoms with E-state index in [1.54, 1.807) is 4.90 Å². The molecule has 7 heteroatoms. The van der Waals surface area contributed by atoms with Crippen molar-refractivity contribution in [2.45, 2.75) is 12.8 Å². The Bertz CT molecular complexity index is 332. The van der Waals surface area contributed by atoms with Crippen LogP contribution in [0.2, 0.25) is 0 Å². The quantitative estimate of drug-likeness (QED) is 0.682. The lowest BCUT2D eigenvalue weighted by Crippen LogP contribution is -2.43. The maximum Gasteiger partial charge on any atom is 0.320 e. The van der Waals surface area contributed by atoms with Crippen LogP contribution in [0.15, 0.2) is 0 Å². The molecule has 17 heavy (non-hydrogen) atoms. The van der Waals surface area contributed by atoms with Gasteiger partial charge in [0, 0.05) is 26.6 Å². The molecular weight excluding hydrogens is 226 g/mol. The second-order valence-corrected chi connectivity index (χ2v) is 4.30. The second-order valence-electron chi connectivity index (χ2n) is 4.30. The second kappa shape index (κ2) is 5.51. The van der Waals surface area contributed by atoms with Crippen LogP contribution in [0.5, 0.6) is 0 Å². The zero-order chi connectivity index (χ0) is 13.0. The molecule has 3 amide bonds. The first-order chi connectivity index (χ1) is 7.90. The Balaban J connectivity index is 2.44. The van der Waals surface area contributed by atoms with E-state index >= 15 is 0 Å². The monoisotopic (exact) mass is 243 g/mol. The highest BCUT2D eigenvalue weighted by Crippen LogP contribution is 2.20. The van der Waals surface area contributed by atoms with Crippen LogP contribution in [0.3, 0.4) is 0 Å². The minimum Gasteiger partial charge on any atom is -0.481 e. The summed E-state index contributed by atoms with van der Waals surface area (Å²) >= 11 is 0. The number of carbonyl (C=O) groups excluding carboxylic acids is 2. The van der Waals surface area contributed by atoms with E-state index in [0.717, 1.165) is 0 Å². The molecule has 1 atom stereocenters. The van der Waals surface area contributed by atoms with Crippen LogP contribution in [-0.4, -0.2) is 59.5 Å². The fourth-order valence-corrected chi connectivity index (χ4v) is 1.96. The molecule has 0 spiro atoms. The predicted molar refractivity (Wildman–Crippen MR) is 59.2 cm³/mol. The molecule has 0 aliphatic carbocycles. The Morgan fingerprint density at radius 1 is 1.47 bits per heavy atom. The van der Waals surface area contributed by atoms with Gasteiger partial charge in [-0.2, -0.15) is 0 Å². The number of aliphatic carboxylic acids is 1. The van der Waals surface area contributed by atoms with Gasteiger partial charge in [0.15, 0.2) is 0 Å². The fraction of sp³-hybridized carbons (Fsp3) is 0.700. The Kier molecular flexibility index (Phi) is 4.30. The molecule has 96 valence electrons. The number of hydrogen-bond acceptors (Lipinski definition) is 3. The van der Waals surface area contributed by atoms with Crippen LogP contribution in [0.4, 0.5) is 4.79 Å². The van der Waals surface area contributed by atoms with Crippen LogP contribution in [0.1, 0.15) is 12.8 Å². The van der Waals surface area contributed by atoms with Crippen molar-refractivity contribution >= 4 is 17.9 Å². The molecule has 1 aliphatic heterocycles. The van der Waals surface area contributed by atoms with Crippen LogP contribution in [-0.2, 0) is 9.59 Å². The number of carbonyl (C=O) groups is 3. The number of primary amides is 1. The van der Waals surface area contributed by atoms with Crippen molar-refractivity contribution in [3.8, 4) is 0 Å². The molecule has 1 heterocycles. The molecule has 0 aromatic rings. The molecule has 1 fully saturated rings. The van der Waals surface area contributed by atoms with E-state index in [1.165, 1.54) is 11.9 Å². The smallest absolute Gasteiger partial charge is 0.320 e. The van der Waals surface area contributed by atoms with E-state index in [9.17, 15) is 14.4 Å². The van der Waals surface area contributed by atoms with Gasteiger partial charge in [0.05, 0.1) is 0 Å². The van der Waals surface area contributed by atoms with Gasteiger partial charge < -0.3 is 20.6 Å². The highest BCUT2D eigenvalue weighted by Gasteiger charge is 2.29. The molecule has 1 aliphatic rings. The number of likely N-dealkylation sites (tertiary alicyclic amines) is 1. The van der Waals surface area contributed by atoms with Gasteiger partial charge >= 0.3 is 12.0 Å². The molecule has 1 unspecified atom stereocenters. The summed E-state index contributed by atoms with van der Waals surface area (Å²) in [6.45, 7) is 0.826. The topological polar surface area (TPSA) is 104 Å². The van der Waals surface area contributed by atoms with Crippen LogP contribution >= 0.6 is 0 Å². The van der Waals surface area contributed by atoms with Crippen molar-refractivity contribution in [1.82, 2.24) is 9.80 Å². The van der Waals surface area contributed by atoms with Crippen molar-refractivity contribution < 1.29 is 19.5 Å². The number of rotatable bonds is 4. The van der Waals surface area contributed by atoms with Gasteiger partial charge in [0.2, 0.25) is 5.91 Å².